The molecule has 5 rings (SSSR count). The third-order valence-electron chi connectivity index (χ3n) is 7.80. The lowest BCUT2D eigenvalue weighted by molar-refractivity contribution is 0.109. The first-order chi connectivity index (χ1) is 17.6. The van der Waals surface area contributed by atoms with Gasteiger partial charge in [0.1, 0.15) is 17.6 Å². The van der Waals surface area contributed by atoms with Gasteiger partial charge in [-0.25, -0.2) is 9.78 Å². The number of rotatable bonds is 4. The van der Waals surface area contributed by atoms with E-state index in [1.165, 1.54) is 19.3 Å². The minimum atomic E-state index is -0.119. The molecule has 1 saturated heterocycles. The van der Waals surface area contributed by atoms with E-state index < -0.39 is 0 Å². The molecule has 2 amide bonds. The number of nitrogens with zero attached hydrogens (tertiary/aromatic N) is 4. The average Bonchev–Trinajstić information content (AvgIpc) is 2.92. The summed E-state index contributed by atoms with van der Waals surface area (Å²) in [6, 6.07) is 9.67. The van der Waals surface area contributed by atoms with Crippen molar-refractivity contribution in [2.75, 3.05) is 43.6 Å². The molecule has 0 spiro atoms. The van der Waals surface area contributed by atoms with Crippen molar-refractivity contribution in [3.63, 3.8) is 0 Å². The SMILES string of the molecule is COc1ccc(NC(=O)N2CCN(c3nc(C4CCCCC4)c4c(c3C#N)CCOC4)CC2C)cc1. The summed E-state index contributed by atoms with van der Waals surface area (Å²) in [6.45, 7) is 5.09. The fourth-order valence-electron chi connectivity index (χ4n) is 5.84. The Hall–Kier alpha value is -3.31. The van der Waals surface area contributed by atoms with Crippen LogP contribution in [0.5, 0.6) is 5.75 Å². The Morgan fingerprint density at radius 2 is 1.94 bits per heavy atom. The Balaban J connectivity index is 1.36. The maximum atomic E-state index is 13.0. The summed E-state index contributed by atoms with van der Waals surface area (Å²) in [7, 11) is 1.62. The van der Waals surface area contributed by atoms with Crippen molar-refractivity contribution in [2.24, 2.45) is 0 Å². The largest absolute Gasteiger partial charge is 0.497 e. The van der Waals surface area contributed by atoms with Crippen LogP contribution in [0.4, 0.5) is 16.3 Å². The van der Waals surface area contributed by atoms with Crippen molar-refractivity contribution in [1.29, 1.82) is 5.26 Å². The van der Waals surface area contributed by atoms with E-state index in [9.17, 15) is 10.1 Å². The van der Waals surface area contributed by atoms with Crippen LogP contribution >= 0.6 is 0 Å². The van der Waals surface area contributed by atoms with Gasteiger partial charge in [-0.05, 0) is 56.0 Å². The molecule has 0 radical (unpaired) electrons. The summed E-state index contributed by atoms with van der Waals surface area (Å²) in [6.07, 6.45) is 6.82. The number of hydrogen-bond donors (Lipinski definition) is 1. The highest BCUT2D eigenvalue weighted by atomic mass is 16.5. The number of amides is 2. The van der Waals surface area contributed by atoms with Crippen molar-refractivity contribution in [3.05, 3.63) is 46.6 Å². The molecule has 2 aromatic rings. The predicted molar refractivity (Wildman–Crippen MR) is 139 cm³/mol. The first-order valence-electron chi connectivity index (χ1n) is 13.1. The van der Waals surface area contributed by atoms with Gasteiger partial charge in [-0.15, -0.1) is 0 Å². The molecule has 190 valence electrons. The maximum absolute atomic E-state index is 13.0. The summed E-state index contributed by atoms with van der Waals surface area (Å²) < 4.78 is 11.0. The van der Waals surface area contributed by atoms with Gasteiger partial charge in [0, 0.05) is 42.8 Å². The molecule has 1 aromatic carbocycles. The van der Waals surface area contributed by atoms with Crippen LogP contribution < -0.4 is 15.0 Å². The number of piperazine rings is 1. The highest BCUT2D eigenvalue weighted by Crippen LogP contribution is 2.39. The lowest BCUT2D eigenvalue weighted by Gasteiger charge is -2.41. The highest BCUT2D eigenvalue weighted by Gasteiger charge is 2.33. The van der Waals surface area contributed by atoms with Gasteiger partial charge in [0.25, 0.3) is 0 Å². The quantitative estimate of drug-likeness (QED) is 0.662. The molecule has 3 heterocycles. The summed E-state index contributed by atoms with van der Waals surface area (Å²) in [5, 5.41) is 13.2. The Morgan fingerprint density at radius 1 is 1.17 bits per heavy atom. The smallest absolute Gasteiger partial charge is 0.322 e. The van der Waals surface area contributed by atoms with Crippen molar-refractivity contribution in [3.8, 4) is 11.8 Å². The number of carbonyl (C=O) groups is 1. The number of fused-ring (bicyclic) bond motifs is 1. The number of nitrogens with one attached hydrogen (secondary N) is 1. The van der Waals surface area contributed by atoms with E-state index >= 15 is 0 Å². The van der Waals surface area contributed by atoms with Crippen molar-refractivity contribution >= 4 is 17.5 Å². The number of ether oxygens (including phenoxy) is 2. The van der Waals surface area contributed by atoms with Gasteiger partial charge in [-0.2, -0.15) is 5.26 Å². The summed E-state index contributed by atoms with van der Waals surface area (Å²) >= 11 is 0. The fourth-order valence-corrected chi connectivity index (χ4v) is 5.84. The Bertz CT molecular complexity index is 1140. The maximum Gasteiger partial charge on any atom is 0.322 e. The Kier molecular flexibility index (Phi) is 7.28. The minimum Gasteiger partial charge on any atom is -0.497 e. The van der Waals surface area contributed by atoms with E-state index in [-0.39, 0.29) is 12.1 Å². The van der Waals surface area contributed by atoms with Crippen molar-refractivity contribution in [2.45, 2.75) is 64.0 Å². The predicted octanol–water partition coefficient (Wildman–Crippen LogP) is 4.82. The molecule has 1 unspecified atom stereocenters. The van der Waals surface area contributed by atoms with Gasteiger partial charge in [0.05, 0.1) is 31.6 Å². The van der Waals surface area contributed by atoms with Crippen LogP contribution in [-0.2, 0) is 17.8 Å². The monoisotopic (exact) mass is 489 g/mol. The van der Waals surface area contributed by atoms with Crippen LogP contribution in [0.25, 0.3) is 0 Å². The molecule has 3 aliphatic rings. The van der Waals surface area contributed by atoms with Gasteiger partial charge >= 0.3 is 6.03 Å². The van der Waals surface area contributed by atoms with E-state index in [0.717, 1.165) is 53.3 Å². The van der Waals surface area contributed by atoms with Crippen LogP contribution in [0.3, 0.4) is 0 Å². The minimum absolute atomic E-state index is 0.0252. The second-order valence-electron chi connectivity index (χ2n) is 10.0. The first-order valence-corrected chi connectivity index (χ1v) is 13.1. The molecule has 2 aliphatic heterocycles. The highest BCUT2D eigenvalue weighted by molar-refractivity contribution is 5.89. The first kappa shape index (κ1) is 24.4. The summed E-state index contributed by atoms with van der Waals surface area (Å²) in [5.74, 6) is 1.98. The Labute approximate surface area is 213 Å². The van der Waals surface area contributed by atoms with Gasteiger partial charge < -0.3 is 24.6 Å². The zero-order chi connectivity index (χ0) is 25.1. The lowest BCUT2D eigenvalue weighted by atomic mass is 9.82. The second kappa shape index (κ2) is 10.8. The fraction of sp³-hybridized carbons (Fsp3) is 0.536. The van der Waals surface area contributed by atoms with Crippen LogP contribution in [0.2, 0.25) is 0 Å². The number of aromatic nitrogens is 1. The molecule has 0 bridgehead atoms. The van der Waals surface area contributed by atoms with Crippen LogP contribution in [0, 0.1) is 11.3 Å². The molecular weight excluding hydrogens is 454 g/mol. The van der Waals surface area contributed by atoms with Gasteiger partial charge in [-0.1, -0.05) is 19.3 Å². The van der Waals surface area contributed by atoms with Gasteiger partial charge in [-0.3, -0.25) is 0 Å². The molecule has 1 atom stereocenters. The van der Waals surface area contributed by atoms with E-state index in [0.29, 0.717) is 44.3 Å². The molecule has 2 fully saturated rings. The van der Waals surface area contributed by atoms with Crippen LogP contribution in [0.1, 0.15) is 67.3 Å². The number of pyridine rings is 1. The average molecular weight is 490 g/mol. The van der Waals surface area contributed by atoms with Gasteiger partial charge in [0.2, 0.25) is 0 Å². The normalized spacial score (nSPS) is 20.4. The van der Waals surface area contributed by atoms with Gasteiger partial charge in [0.15, 0.2) is 0 Å². The number of urea groups is 1. The number of nitriles is 1. The van der Waals surface area contributed by atoms with Crippen molar-refractivity contribution < 1.29 is 14.3 Å². The lowest BCUT2D eigenvalue weighted by Crippen LogP contribution is -2.55. The number of carbonyl (C=O) groups excluding carboxylic acids is 1. The summed E-state index contributed by atoms with van der Waals surface area (Å²) in [5.41, 5.74) is 4.85. The standard InChI is InChI=1S/C28H35N5O3/c1-19-17-32(13-14-33(19)28(34)30-21-8-10-22(35-2)11-9-21)27-24(16-29)23-12-15-36-18-25(23)26(31-27)20-6-4-3-5-7-20/h8-11,19-20H,3-7,12-15,17-18H2,1-2H3,(H,30,34). The molecule has 1 saturated carbocycles. The zero-order valence-electron chi connectivity index (χ0n) is 21.3. The molecule has 36 heavy (non-hydrogen) atoms. The second-order valence-corrected chi connectivity index (χ2v) is 10.0. The molecule has 1 aromatic heterocycles. The topological polar surface area (TPSA) is 90.7 Å². The van der Waals surface area contributed by atoms with Crippen LogP contribution in [0.15, 0.2) is 24.3 Å². The molecule has 1 N–H and O–H groups in total. The van der Waals surface area contributed by atoms with Crippen LogP contribution in [-0.4, -0.2) is 55.3 Å². The number of anilines is 2. The molecule has 8 nitrogen and oxygen atoms in total. The summed E-state index contributed by atoms with van der Waals surface area (Å²) in [4.78, 5) is 22.3. The third-order valence-corrected chi connectivity index (χ3v) is 7.80. The van der Waals surface area contributed by atoms with E-state index in [2.05, 4.69) is 23.2 Å². The zero-order valence-corrected chi connectivity index (χ0v) is 21.3. The molecular formula is C28H35N5O3. The van der Waals surface area contributed by atoms with E-state index in [4.69, 9.17) is 14.5 Å². The Morgan fingerprint density at radius 3 is 2.64 bits per heavy atom. The van der Waals surface area contributed by atoms with Crippen molar-refractivity contribution in [1.82, 2.24) is 9.88 Å². The number of benzene rings is 1. The molecule has 8 heteroatoms. The van der Waals surface area contributed by atoms with E-state index in [1.807, 2.05) is 29.2 Å². The number of hydrogen-bond acceptors (Lipinski definition) is 6. The molecule has 1 aliphatic carbocycles. The number of methoxy groups -OCH3 is 1. The van der Waals surface area contributed by atoms with E-state index in [1.54, 1.807) is 7.11 Å². The third kappa shape index (κ3) is 4.85.